The van der Waals surface area contributed by atoms with Gasteiger partial charge in [-0.05, 0) is 24.9 Å². The Morgan fingerprint density at radius 1 is 1.11 bits per heavy atom. The Kier molecular flexibility index (Phi) is 3.96. The number of hydrogen-bond donors (Lipinski definition) is 1. The molecular weight excluding hydrogens is 234 g/mol. The Morgan fingerprint density at radius 2 is 1.79 bits per heavy atom. The quantitative estimate of drug-likeness (QED) is 0.913. The van der Waals surface area contributed by atoms with Gasteiger partial charge in [0.2, 0.25) is 0 Å². The summed E-state index contributed by atoms with van der Waals surface area (Å²) in [4.78, 5) is 8.99. The zero-order valence-electron chi connectivity index (χ0n) is 11.9. The summed E-state index contributed by atoms with van der Waals surface area (Å²) in [6.07, 6.45) is 2.62. The number of benzene rings is 1. The van der Waals surface area contributed by atoms with Crippen molar-refractivity contribution in [2.24, 2.45) is 11.1 Å². The molecule has 0 radical (unpaired) electrons. The topological polar surface area (TPSA) is 51.8 Å². The highest BCUT2D eigenvalue weighted by Crippen LogP contribution is 2.21. The summed E-state index contributed by atoms with van der Waals surface area (Å²) >= 11 is 0. The highest BCUT2D eigenvalue weighted by molar-refractivity contribution is 5.58. The van der Waals surface area contributed by atoms with E-state index in [2.05, 4.69) is 55.0 Å². The molecule has 19 heavy (non-hydrogen) atoms. The summed E-state index contributed by atoms with van der Waals surface area (Å²) in [5.74, 6) is 0.855. The van der Waals surface area contributed by atoms with Crippen LogP contribution in [0.2, 0.25) is 0 Å². The average Bonchev–Trinajstić information content (AvgIpc) is 2.39. The van der Waals surface area contributed by atoms with E-state index >= 15 is 0 Å². The molecule has 2 aromatic rings. The summed E-state index contributed by atoms with van der Waals surface area (Å²) in [6, 6.07) is 10.3. The van der Waals surface area contributed by atoms with E-state index in [4.69, 9.17) is 5.73 Å². The van der Waals surface area contributed by atoms with E-state index in [1.54, 1.807) is 0 Å². The molecule has 0 spiro atoms. The van der Waals surface area contributed by atoms with Crippen LogP contribution in [0.4, 0.5) is 0 Å². The number of hydrogen-bond acceptors (Lipinski definition) is 3. The number of nitrogens with two attached hydrogens (primary N) is 1. The van der Waals surface area contributed by atoms with Crippen molar-refractivity contribution in [1.29, 1.82) is 0 Å². The Hall–Kier alpha value is -1.74. The summed E-state index contributed by atoms with van der Waals surface area (Å²) in [5, 5.41) is 0. The SMILES string of the molecule is Cc1ccc(-c2ccnc(CC(C)(C)CN)n2)cc1. The third-order valence-corrected chi connectivity index (χ3v) is 3.24. The van der Waals surface area contributed by atoms with Crippen LogP contribution in [0.3, 0.4) is 0 Å². The summed E-state index contributed by atoms with van der Waals surface area (Å²) in [6.45, 7) is 6.98. The van der Waals surface area contributed by atoms with Gasteiger partial charge in [-0.25, -0.2) is 9.97 Å². The minimum atomic E-state index is 0.0336. The number of rotatable bonds is 4. The number of nitrogens with zero attached hydrogens (tertiary/aromatic N) is 2. The van der Waals surface area contributed by atoms with Gasteiger partial charge in [-0.2, -0.15) is 0 Å². The first-order valence-electron chi connectivity index (χ1n) is 6.59. The maximum atomic E-state index is 5.76. The molecule has 0 unspecified atom stereocenters. The molecule has 0 aliphatic heterocycles. The molecule has 1 aromatic heterocycles. The van der Waals surface area contributed by atoms with E-state index in [1.807, 2.05) is 12.3 Å². The number of aryl methyl sites for hydroxylation is 1. The van der Waals surface area contributed by atoms with E-state index in [9.17, 15) is 0 Å². The maximum absolute atomic E-state index is 5.76. The van der Waals surface area contributed by atoms with Crippen LogP contribution in [-0.2, 0) is 6.42 Å². The van der Waals surface area contributed by atoms with Crippen LogP contribution in [-0.4, -0.2) is 16.5 Å². The highest BCUT2D eigenvalue weighted by Gasteiger charge is 2.18. The van der Waals surface area contributed by atoms with Crippen molar-refractivity contribution in [1.82, 2.24) is 9.97 Å². The van der Waals surface area contributed by atoms with Crippen LogP contribution in [0, 0.1) is 12.3 Å². The van der Waals surface area contributed by atoms with Gasteiger partial charge in [-0.3, -0.25) is 0 Å². The standard InChI is InChI=1S/C16H21N3/c1-12-4-6-13(7-5-12)14-8-9-18-15(19-14)10-16(2,3)11-17/h4-9H,10-11,17H2,1-3H3. The van der Waals surface area contributed by atoms with Crippen LogP contribution in [0.25, 0.3) is 11.3 Å². The molecule has 1 heterocycles. The normalized spacial score (nSPS) is 11.6. The third-order valence-electron chi connectivity index (χ3n) is 3.24. The smallest absolute Gasteiger partial charge is 0.129 e. The number of aromatic nitrogens is 2. The molecule has 0 saturated heterocycles. The zero-order chi connectivity index (χ0) is 13.9. The minimum absolute atomic E-state index is 0.0336. The van der Waals surface area contributed by atoms with Crippen LogP contribution in [0.15, 0.2) is 36.5 Å². The van der Waals surface area contributed by atoms with Crippen molar-refractivity contribution in [3.05, 3.63) is 47.9 Å². The zero-order valence-corrected chi connectivity index (χ0v) is 11.9. The van der Waals surface area contributed by atoms with E-state index in [1.165, 1.54) is 5.56 Å². The van der Waals surface area contributed by atoms with Crippen molar-refractivity contribution in [2.45, 2.75) is 27.2 Å². The fourth-order valence-corrected chi connectivity index (χ4v) is 1.87. The molecule has 2 rings (SSSR count). The van der Waals surface area contributed by atoms with Gasteiger partial charge in [0, 0.05) is 18.2 Å². The van der Waals surface area contributed by atoms with Crippen molar-refractivity contribution in [3.63, 3.8) is 0 Å². The van der Waals surface area contributed by atoms with Gasteiger partial charge in [0.25, 0.3) is 0 Å². The fraction of sp³-hybridized carbons (Fsp3) is 0.375. The predicted octanol–water partition coefficient (Wildman–Crippen LogP) is 2.98. The molecule has 0 atom stereocenters. The summed E-state index contributed by atoms with van der Waals surface area (Å²) < 4.78 is 0. The van der Waals surface area contributed by atoms with Crippen LogP contribution < -0.4 is 5.73 Å². The lowest BCUT2D eigenvalue weighted by atomic mass is 9.89. The Bertz CT molecular complexity index is 544. The Morgan fingerprint density at radius 3 is 2.42 bits per heavy atom. The van der Waals surface area contributed by atoms with Gasteiger partial charge in [-0.1, -0.05) is 43.7 Å². The lowest BCUT2D eigenvalue weighted by Crippen LogP contribution is -2.26. The van der Waals surface area contributed by atoms with E-state index < -0.39 is 0 Å². The molecule has 2 N–H and O–H groups in total. The van der Waals surface area contributed by atoms with E-state index in [0.717, 1.165) is 23.5 Å². The molecule has 0 fully saturated rings. The summed E-state index contributed by atoms with van der Waals surface area (Å²) in [7, 11) is 0. The average molecular weight is 255 g/mol. The lowest BCUT2D eigenvalue weighted by Gasteiger charge is -2.21. The second kappa shape index (κ2) is 5.49. The predicted molar refractivity (Wildman–Crippen MR) is 78.7 cm³/mol. The summed E-state index contributed by atoms with van der Waals surface area (Å²) in [5.41, 5.74) is 9.15. The lowest BCUT2D eigenvalue weighted by molar-refractivity contribution is 0.368. The molecule has 100 valence electrons. The monoisotopic (exact) mass is 255 g/mol. The van der Waals surface area contributed by atoms with Gasteiger partial charge >= 0.3 is 0 Å². The van der Waals surface area contributed by atoms with Gasteiger partial charge in [0.1, 0.15) is 5.82 Å². The highest BCUT2D eigenvalue weighted by atomic mass is 14.9. The van der Waals surface area contributed by atoms with Crippen LogP contribution >= 0.6 is 0 Å². The van der Waals surface area contributed by atoms with Gasteiger partial charge in [-0.15, -0.1) is 0 Å². The molecule has 0 aliphatic rings. The first-order valence-corrected chi connectivity index (χ1v) is 6.59. The van der Waals surface area contributed by atoms with Crippen LogP contribution in [0.5, 0.6) is 0 Å². The molecule has 0 saturated carbocycles. The fourth-order valence-electron chi connectivity index (χ4n) is 1.87. The van der Waals surface area contributed by atoms with Crippen molar-refractivity contribution >= 4 is 0 Å². The van der Waals surface area contributed by atoms with Crippen molar-refractivity contribution in [3.8, 4) is 11.3 Å². The van der Waals surface area contributed by atoms with E-state index in [0.29, 0.717) is 6.54 Å². The third kappa shape index (κ3) is 3.61. The molecule has 1 aromatic carbocycles. The van der Waals surface area contributed by atoms with Gasteiger partial charge in [0.05, 0.1) is 5.69 Å². The Balaban J connectivity index is 2.27. The molecule has 3 heteroatoms. The van der Waals surface area contributed by atoms with Gasteiger partial charge < -0.3 is 5.73 Å². The minimum Gasteiger partial charge on any atom is -0.330 e. The van der Waals surface area contributed by atoms with Crippen molar-refractivity contribution < 1.29 is 0 Å². The maximum Gasteiger partial charge on any atom is 0.129 e. The van der Waals surface area contributed by atoms with E-state index in [-0.39, 0.29) is 5.41 Å². The Labute approximate surface area is 114 Å². The molecular formula is C16H21N3. The second-order valence-electron chi connectivity index (χ2n) is 5.77. The molecule has 0 amide bonds. The molecule has 3 nitrogen and oxygen atoms in total. The van der Waals surface area contributed by atoms with Gasteiger partial charge in [0.15, 0.2) is 0 Å². The van der Waals surface area contributed by atoms with Crippen LogP contribution in [0.1, 0.15) is 25.2 Å². The molecule has 0 bridgehead atoms. The second-order valence-corrected chi connectivity index (χ2v) is 5.77. The first kappa shape index (κ1) is 13.7. The molecule has 0 aliphatic carbocycles. The van der Waals surface area contributed by atoms with Crippen molar-refractivity contribution in [2.75, 3.05) is 6.54 Å². The largest absolute Gasteiger partial charge is 0.330 e. The first-order chi connectivity index (χ1) is 9.00.